The van der Waals surface area contributed by atoms with E-state index in [9.17, 15) is 0 Å². The third-order valence-electron chi connectivity index (χ3n) is 5.17. The second kappa shape index (κ2) is 6.50. The molecule has 5 rings (SSSR count). The summed E-state index contributed by atoms with van der Waals surface area (Å²) < 4.78 is 12.7. The molecule has 3 aromatic rings. The number of aryl methyl sites for hydroxylation is 1. The van der Waals surface area contributed by atoms with E-state index in [1.165, 1.54) is 5.69 Å². The zero-order valence-electron chi connectivity index (χ0n) is 14.9. The maximum absolute atomic E-state index is 5.44. The number of rotatable bonds is 4. The van der Waals surface area contributed by atoms with E-state index >= 15 is 0 Å². The quantitative estimate of drug-likeness (QED) is 0.778. The number of nitrogens with one attached hydrogen (secondary N) is 1. The van der Waals surface area contributed by atoms with Gasteiger partial charge < -0.3 is 14.5 Å². The molecule has 136 valence electrons. The topological polar surface area (TPSA) is 68.2 Å². The molecule has 2 aliphatic heterocycles. The Morgan fingerprint density at radius 3 is 2.81 bits per heavy atom. The molecular weight excluding hydrogens is 330 g/mol. The van der Waals surface area contributed by atoms with Crippen molar-refractivity contribution in [3.05, 3.63) is 35.9 Å². The first-order valence-electron chi connectivity index (χ1n) is 9.18. The van der Waals surface area contributed by atoms with Crippen LogP contribution in [0.4, 0.5) is 0 Å². The van der Waals surface area contributed by atoms with E-state index in [-0.39, 0.29) is 0 Å². The molecule has 7 heteroatoms. The van der Waals surface area contributed by atoms with Gasteiger partial charge in [-0.25, -0.2) is 0 Å². The molecule has 0 aliphatic carbocycles. The maximum atomic E-state index is 5.44. The second-order valence-electron chi connectivity index (χ2n) is 7.16. The van der Waals surface area contributed by atoms with Gasteiger partial charge in [0.25, 0.3) is 0 Å². The number of nitrogens with zero attached hydrogens (tertiary/aromatic N) is 4. The van der Waals surface area contributed by atoms with E-state index in [0.29, 0.717) is 6.04 Å². The van der Waals surface area contributed by atoms with Crippen LogP contribution in [0.3, 0.4) is 0 Å². The summed E-state index contributed by atoms with van der Waals surface area (Å²) in [5.74, 6) is 0. The van der Waals surface area contributed by atoms with Crippen LogP contribution in [0.1, 0.15) is 17.4 Å². The molecule has 7 nitrogen and oxygen atoms in total. The number of pyridine rings is 1. The van der Waals surface area contributed by atoms with Gasteiger partial charge in [-0.3, -0.25) is 14.6 Å². The molecule has 1 N–H and O–H groups in total. The SMILES string of the molecule is Cc1cc2[nH]c(CN3CCOCC3)cc2c(-c2cnn(C3COC3)c2)n1. The van der Waals surface area contributed by atoms with Crippen LogP contribution in [0.2, 0.25) is 0 Å². The summed E-state index contributed by atoms with van der Waals surface area (Å²) in [7, 11) is 0. The molecule has 0 spiro atoms. The maximum Gasteiger partial charge on any atom is 0.0985 e. The molecular formula is C19H23N5O2. The molecule has 3 aromatic heterocycles. The van der Waals surface area contributed by atoms with Crippen LogP contribution in [0.5, 0.6) is 0 Å². The Labute approximate surface area is 151 Å². The smallest absolute Gasteiger partial charge is 0.0985 e. The van der Waals surface area contributed by atoms with Gasteiger partial charge in [-0.2, -0.15) is 5.10 Å². The Kier molecular flexibility index (Phi) is 4.00. The van der Waals surface area contributed by atoms with Gasteiger partial charge in [-0.15, -0.1) is 0 Å². The van der Waals surface area contributed by atoms with Crippen LogP contribution in [0.15, 0.2) is 24.5 Å². The highest BCUT2D eigenvalue weighted by Gasteiger charge is 2.22. The van der Waals surface area contributed by atoms with Crippen molar-refractivity contribution < 1.29 is 9.47 Å². The van der Waals surface area contributed by atoms with Gasteiger partial charge in [0.05, 0.1) is 44.4 Å². The minimum atomic E-state index is 0.354. The fourth-order valence-corrected chi connectivity index (χ4v) is 3.66. The van der Waals surface area contributed by atoms with Crippen LogP contribution >= 0.6 is 0 Å². The molecule has 2 aliphatic rings. The summed E-state index contributed by atoms with van der Waals surface area (Å²) in [6.07, 6.45) is 4.00. The van der Waals surface area contributed by atoms with Crippen molar-refractivity contribution >= 4 is 10.9 Å². The average Bonchev–Trinajstić information content (AvgIpc) is 3.20. The number of hydrogen-bond acceptors (Lipinski definition) is 5. The van der Waals surface area contributed by atoms with Gasteiger partial charge in [-0.05, 0) is 19.1 Å². The lowest BCUT2D eigenvalue weighted by Crippen LogP contribution is -2.35. The van der Waals surface area contributed by atoms with Crippen molar-refractivity contribution in [3.63, 3.8) is 0 Å². The fourth-order valence-electron chi connectivity index (χ4n) is 3.66. The van der Waals surface area contributed by atoms with Gasteiger partial charge in [0.15, 0.2) is 0 Å². The second-order valence-corrected chi connectivity index (χ2v) is 7.16. The standard InChI is InChI=1S/C19H23N5O2/c1-13-6-18-17(7-15(22-18)10-23-2-4-25-5-3-23)19(21-13)14-8-20-24(9-14)16-11-26-12-16/h6-9,16,22H,2-5,10-12H2,1H3. The van der Waals surface area contributed by atoms with E-state index in [1.807, 2.05) is 17.8 Å². The van der Waals surface area contributed by atoms with E-state index in [0.717, 1.165) is 73.9 Å². The van der Waals surface area contributed by atoms with Crippen molar-refractivity contribution in [3.8, 4) is 11.3 Å². The highest BCUT2D eigenvalue weighted by Crippen LogP contribution is 2.29. The van der Waals surface area contributed by atoms with Gasteiger partial charge in [0.2, 0.25) is 0 Å². The first kappa shape index (κ1) is 16.0. The largest absolute Gasteiger partial charge is 0.379 e. The molecule has 0 unspecified atom stereocenters. The molecule has 0 aromatic carbocycles. The van der Waals surface area contributed by atoms with E-state index in [4.69, 9.17) is 14.5 Å². The zero-order chi connectivity index (χ0) is 17.5. The number of aromatic amines is 1. The molecule has 0 bridgehead atoms. The fraction of sp³-hybridized carbons (Fsp3) is 0.474. The zero-order valence-corrected chi connectivity index (χ0v) is 14.9. The van der Waals surface area contributed by atoms with Crippen molar-refractivity contribution in [2.24, 2.45) is 0 Å². The first-order valence-corrected chi connectivity index (χ1v) is 9.18. The number of ether oxygens (including phenoxy) is 2. The molecule has 5 heterocycles. The van der Waals surface area contributed by atoms with Gasteiger partial charge in [0.1, 0.15) is 0 Å². The Hall–Kier alpha value is -2.22. The third kappa shape index (κ3) is 2.92. The Morgan fingerprint density at radius 1 is 1.19 bits per heavy atom. The lowest BCUT2D eigenvalue weighted by atomic mass is 10.1. The average molecular weight is 353 g/mol. The molecule has 0 atom stereocenters. The molecule has 2 fully saturated rings. The normalized spacial score (nSPS) is 19.1. The van der Waals surface area contributed by atoms with Gasteiger partial charge >= 0.3 is 0 Å². The Morgan fingerprint density at radius 2 is 2.04 bits per heavy atom. The molecule has 2 saturated heterocycles. The first-order chi connectivity index (χ1) is 12.8. The highest BCUT2D eigenvalue weighted by atomic mass is 16.5. The third-order valence-corrected chi connectivity index (χ3v) is 5.17. The predicted octanol–water partition coefficient (Wildman–Crippen LogP) is 2.14. The molecule has 0 radical (unpaired) electrons. The van der Waals surface area contributed by atoms with Crippen LogP contribution in [-0.2, 0) is 16.0 Å². The summed E-state index contributed by atoms with van der Waals surface area (Å²) in [6, 6.07) is 4.70. The van der Waals surface area contributed by atoms with E-state index < -0.39 is 0 Å². The van der Waals surface area contributed by atoms with Crippen LogP contribution in [-0.4, -0.2) is 64.2 Å². The molecule has 26 heavy (non-hydrogen) atoms. The highest BCUT2D eigenvalue weighted by molar-refractivity contribution is 5.93. The van der Waals surface area contributed by atoms with Crippen LogP contribution in [0.25, 0.3) is 22.2 Å². The lowest BCUT2D eigenvalue weighted by Gasteiger charge is -2.25. The molecule has 0 amide bonds. The van der Waals surface area contributed by atoms with Crippen molar-refractivity contribution in [1.29, 1.82) is 0 Å². The van der Waals surface area contributed by atoms with Gasteiger partial charge in [-0.1, -0.05) is 0 Å². The van der Waals surface area contributed by atoms with E-state index in [1.54, 1.807) is 0 Å². The van der Waals surface area contributed by atoms with Crippen LogP contribution in [0, 0.1) is 6.92 Å². The number of fused-ring (bicyclic) bond motifs is 1. The molecule has 0 saturated carbocycles. The number of morpholine rings is 1. The Balaban J connectivity index is 1.49. The summed E-state index contributed by atoms with van der Waals surface area (Å²) in [6.45, 7) is 8.03. The summed E-state index contributed by atoms with van der Waals surface area (Å²) in [5, 5.41) is 5.67. The van der Waals surface area contributed by atoms with Crippen molar-refractivity contribution in [2.45, 2.75) is 19.5 Å². The van der Waals surface area contributed by atoms with E-state index in [2.05, 4.69) is 33.3 Å². The summed E-state index contributed by atoms with van der Waals surface area (Å²) >= 11 is 0. The Bertz CT molecular complexity index is 921. The van der Waals surface area contributed by atoms with Gasteiger partial charge in [0, 0.05) is 53.7 Å². The number of H-pyrrole nitrogens is 1. The minimum Gasteiger partial charge on any atom is -0.379 e. The summed E-state index contributed by atoms with van der Waals surface area (Å²) in [5.41, 5.74) is 5.41. The lowest BCUT2D eigenvalue weighted by molar-refractivity contribution is -0.0286. The minimum absolute atomic E-state index is 0.354. The number of hydrogen-bond donors (Lipinski definition) is 1. The van der Waals surface area contributed by atoms with Crippen molar-refractivity contribution in [1.82, 2.24) is 24.6 Å². The summed E-state index contributed by atoms with van der Waals surface area (Å²) in [4.78, 5) is 10.8. The monoisotopic (exact) mass is 353 g/mol. The van der Waals surface area contributed by atoms with Crippen molar-refractivity contribution in [2.75, 3.05) is 39.5 Å². The number of aromatic nitrogens is 4. The van der Waals surface area contributed by atoms with Crippen LogP contribution < -0.4 is 0 Å². The predicted molar refractivity (Wildman–Crippen MR) is 98.0 cm³/mol.